The van der Waals surface area contributed by atoms with E-state index in [0.29, 0.717) is 10.1 Å². The maximum atomic E-state index is 13.4. The summed E-state index contributed by atoms with van der Waals surface area (Å²) >= 11 is 0. The number of aliphatic hydroxyl groups excluding tert-OH is 1. The van der Waals surface area contributed by atoms with Gasteiger partial charge >= 0.3 is 11.7 Å². The molecule has 2 atom stereocenters. The largest absolute Gasteiger partial charge is 0.459 e. The minimum Gasteiger partial charge on any atom is -0.459 e. The number of rotatable bonds is 7. The van der Waals surface area contributed by atoms with Crippen LogP contribution in [0.5, 0.6) is 0 Å². The molecule has 0 saturated carbocycles. The molecule has 0 amide bonds. The van der Waals surface area contributed by atoms with E-state index in [1.165, 1.54) is 18.3 Å². The van der Waals surface area contributed by atoms with Gasteiger partial charge < -0.3 is 14.6 Å². The fourth-order valence-corrected chi connectivity index (χ4v) is 4.21. The standard InChI is InChI=1S/C27H29N3O7/c1-19(2)28-15-23(37-27(16-28,17-31)18-36-25(34)21-11-7-4-8-12-21)29-14-13-22(32)30(26(29)35)24(33)20-9-5-3-6-10-20/h3-14,19,23,31H,15-18H2,1-2H3/t23-,27-/m1/s1. The lowest BCUT2D eigenvalue weighted by atomic mass is 10.0. The van der Waals surface area contributed by atoms with E-state index in [9.17, 15) is 24.3 Å². The van der Waals surface area contributed by atoms with Crippen LogP contribution < -0.4 is 11.2 Å². The maximum Gasteiger partial charge on any atom is 0.340 e. The molecule has 1 saturated heterocycles. The first-order valence-electron chi connectivity index (χ1n) is 11.9. The first kappa shape index (κ1) is 26.2. The number of hydrogen-bond acceptors (Lipinski definition) is 8. The van der Waals surface area contributed by atoms with Crippen LogP contribution in [-0.2, 0) is 9.47 Å². The van der Waals surface area contributed by atoms with Crippen LogP contribution in [-0.4, -0.2) is 69.0 Å². The van der Waals surface area contributed by atoms with Crippen molar-refractivity contribution in [2.45, 2.75) is 31.7 Å². The van der Waals surface area contributed by atoms with Gasteiger partial charge in [-0.25, -0.2) is 9.59 Å². The molecule has 0 spiro atoms. The summed E-state index contributed by atoms with van der Waals surface area (Å²) < 4.78 is 13.4. The number of carbonyl (C=O) groups excluding carboxylic acids is 2. The predicted octanol–water partition coefficient (Wildman–Crippen LogP) is 1.53. The van der Waals surface area contributed by atoms with Crippen molar-refractivity contribution in [1.29, 1.82) is 0 Å². The van der Waals surface area contributed by atoms with Crippen LogP contribution in [0, 0.1) is 0 Å². The third kappa shape index (κ3) is 5.61. The number of aromatic nitrogens is 2. The summed E-state index contributed by atoms with van der Waals surface area (Å²) in [7, 11) is 0. The van der Waals surface area contributed by atoms with E-state index >= 15 is 0 Å². The number of hydrogen-bond donors (Lipinski definition) is 1. The Morgan fingerprint density at radius 1 is 1.03 bits per heavy atom. The summed E-state index contributed by atoms with van der Waals surface area (Å²) in [5.74, 6) is -1.33. The molecule has 10 nitrogen and oxygen atoms in total. The molecular weight excluding hydrogens is 478 g/mol. The minimum absolute atomic E-state index is 0.00490. The van der Waals surface area contributed by atoms with Crippen molar-refractivity contribution in [3.05, 3.63) is 105 Å². The number of morpholine rings is 1. The zero-order valence-electron chi connectivity index (χ0n) is 20.6. The average molecular weight is 508 g/mol. The summed E-state index contributed by atoms with van der Waals surface area (Å²) in [6.45, 7) is 3.60. The zero-order valence-corrected chi connectivity index (χ0v) is 20.6. The van der Waals surface area contributed by atoms with Gasteiger partial charge in [0.2, 0.25) is 0 Å². The molecule has 0 bridgehead atoms. The smallest absolute Gasteiger partial charge is 0.340 e. The Bertz CT molecular complexity index is 1370. The molecule has 1 N–H and O–H groups in total. The number of nitrogens with zero attached hydrogens (tertiary/aromatic N) is 3. The van der Waals surface area contributed by atoms with Crippen molar-refractivity contribution in [1.82, 2.24) is 14.0 Å². The monoisotopic (exact) mass is 507 g/mol. The minimum atomic E-state index is -1.35. The third-order valence-corrected chi connectivity index (χ3v) is 6.31. The van der Waals surface area contributed by atoms with Gasteiger partial charge in [0.1, 0.15) is 12.2 Å². The molecule has 0 unspecified atom stereocenters. The molecular formula is C27H29N3O7. The van der Waals surface area contributed by atoms with Crippen molar-refractivity contribution in [3.63, 3.8) is 0 Å². The molecule has 2 heterocycles. The molecule has 4 rings (SSSR count). The molecule has 1 fully saturated rings. The average Bonchev–Trinajstić information content (AvgIpc) is 2.92. The molecule has 10 heteroatoms. The predicted molar refractivity (Wildman–Crippen MR) is 135 cm³/mol. The van der Waals surface area contributed by atoms with E-state index in [0.717, 1.165) is 10.6 Å². The second-order valence-corrected chi connectivity index (χ2v) is 9.23. The fraction of sp³-hybridized carbons (Fsp3) is 0.333. The summed E-state index contributed by atoms with van der Waals surface area (Å²) in [5.41, 5.74) is -2.44. The van der Waals surface area contributed by atoms with Crippen LogP contribution in [0.1, 0.15) is 40.8 Å². The highest BCUT2D eigenvalue weighted by atomic mass is 16.6. The first-order valence-corrected chi connectivity index (χ1v) is 11.9. The lowest BCUT2D eigenvalue weighted by molar-refractivity contribution is -0.218. The van der Waals surface area contributed by atoms with Crippen molar-refractivity contribution in [2.24, 2.45) is 0 Å². The van der Waals surface area contributed by atoms with Gasteiger partial charge in [-0.1, -0.05) is 36.4 Å². The van der Waals surface area contributed by atoms with Gasteiger partial charge in [-0.2, -0.15) is 4.57 Å². The van der Waals surface area contributed by atoms with E-state index in [1.54, 1.807) is 48.5 Å². The van der Waals surface area contributed by atoms with E-state index in [4.69, 9.17) is 9.47 Å². The SMILES string of the molecule is CC(C)N1C[C@H](n2ccc(=O)n(C(=O)c3ccccc3)c2=O)O[C@](CO)(COC(=O)c2ccccc2)C1. The summed E-state index contributed by atoms with van der Waals surface area (Å²) in [6, 6.07) is 17.6. The Labute approximate surface area is 213 Å². The number of benzene rings is 2. The van der Waals surface area contributed by atoms with Crippen LogP contribution in [0.25, 0.3) is 0 Å². The van der Waals surface area contributed by atoms with E-state index in [1.807, 2.05) is 18.7 Å². The molecule has 1 aromatic heterocycles. The number of esters is 1. The quantitative estimate of drug-likeness (QED) is 0.478. The van der Waals surface area contributed by atoms with Crippen molar-refractivity contribution in [3.8, 4) is 0 Å². The van der Waals surface area contributed by atoms with E-state index in [-0.39, 0.29) is 31.3 Å². The van der Waals surface area contributed by atoms with Gasteiger partial charge in [-0.05, 0) is 38.1 Å². The van der Waals surface area contributed by atoms with Crippen molar-refractivity contribution in [2.75, 3.05) is 26.3 Å². The second kappa shape index (κ2) is 11.0. The van der Waals surface area contributed by atoms with Crippen molar-refractivity contribution >= 4 is 11.9 Å². The molecule has 0 radical (unpaired) electrons. The van der Waals surface area contributed by atoms with Crippen LogP contribution in [0.2, 0.25) is 0 Å². The van der Waals surface area contributed by atoms with Gasteiger partial charge in [-0.3, -0.25) is 19.1 Å². The van der Waals surface area contributed by atoms with Gasteiger partial charge in [0.15, 0.2) is 6.23 Å². The second-order valence-electron chi connectivity index (χ2n) is 9.23. The summed E-state index contributed by atoms with van der Waals surface area (Å²) in [5, 5.41) is 10.4. The highest BCUT2D eigenvalue weighted by Gasteiger charge is 2.43. The van der Waals surface area contributed by atoms with Gasteiger partial charge in [0, 0.05) is 37.0 Å². The van der Waals surface area contributed by atoms with Crippen LogP contribution >= 0.6 is 0 Å². The van der Waals surface area contributed by atoms with E-state index in [2.05, 4.69) is 0 Å². The van der Waals surface area contributed by atoms with Crippen LogP contribution in [0.15, 0.2) is 82.5 Å². The van der Waals surface area contributed by atoms with Gasteiger partial charge in [0.25, 0.3) is 11.5 Å². The molecule has 37 heavy (non-hydrogen) atoms. The molecule has 3 aromatic rings. The highest BCUT2D eigenvalue weighted by Crippen LogP contribution is 2.29. The van der Waals surface area contributed by atoms with Crippen LogP contribution in [0.4, 0.5) is 0 Å². The normalized spacial score (nSPS) is 20.1. The number of aliphatic hydroxyl groups is 1. The molecule has 1 aliphatic heterocycles. The topological polar surface area (TPSA) is 120 Å². The Hall–Kier alpha value is -3.86. The van der Waals surface area contributed by atoms with Crippen molar-refractivity contribution < 1.29 is 24.2 Å². The Morgan fingerprint density at radius 3 is 2.24 bits per heavy atom. The molecule has 2 aromatic carbocycles. The summed E-state index contributed by atoms with van der Waals surface area (Å²) in [4.78, 5) is 53.4. The maximum absolute atomic E-state index is 13.4. The highest BCUT2D eigenvalue weighted by molar-refractivity contribution is 5.95. The lowest BCUT2D eigenvalue weighted by Gasteiger charge is -2.46. The first-order chi connectivity index (χ1) is 17.7. The summed E-state index contributed by atoms with van der Waals surface area (Å²) in [6.07, 6.45) is 0.299. The zero-order chi connectivity index (χ0) is 26.6. The third-order valence-electron chi connectivity index (χ3n) is 6.31. The van der Waals surface area contributed by atoms with E-state index < -0.39 is 41.6 Å². The van der Waals surface area contributed by atoms with Crippen LogP contribution in [0.3, 0.4) is 0 Å². The fourth-order valence-electron chi connectivity index (χ4n) is 4.21. The van der Waals surface area contributed by atoms with Gasteiger partial charge in [-0.15, -0.1) is 0 Å². The molecule has 0 aliphatic carbocycles. The Balaban J connectivity index is 1.66. The lowest BCUT2D eigenvalue weighted by Crippen LogP contribution is -2.61. The van der Waals surface area contributed by atoms with Gasteiger partial charge in [0.05, 0.1) is 12.2 Å². The number of ether oxygens (including phenoxy) is 2. The number of carbonyl (C=O) groups is 2. The molecule has 1 aliphatic rings. The Kier molecular flexibility index (Phi) is 7.82. The molecule has 194 valence electrons. The Morgan fingerprint density at radius 2 is 1.65 bits per heavy atom.